The molecule has 0 bridgehead atoms. The molecule has 104 valence electrons. The Morgan fingerprint density at radius 2 is 1.12 bits per heavy atom. The van der Waals surface area contributed by atoms with Gasteiger partial charge in [-0.3, -0.25) is 0 Å². The zero-order valence-corrected chi connectivity index (χ0v) is 13.3. The molecule has 0 amide bonds. The SMILES string of the molecule is CCOC[Si](COCC)(COCC)C(C)CC. The summed E-state index contributed by atoms with van der Waals surface area (Å²) in [5.74, 6) is 0. The highest BCUT2D eigenvalue weighted by molar-refractivity contribution is 6.81. The Labute approximate surface area is 108 Å². The molecule has 0 aromatic heterocycles. The molecular weight excluding hydrogens is 232 g/mol. The van der Waals surface area contributed by atoms with Crippen LogP contribution in [0, 0.1) is 0 Å². The number of hydrogen-bond donors (Lipinski definition) is 0. The lowest BCUT2D eigenvalue weighted by Gasteiger charge is -2.35. The molecule has 0 aliphatic heterocycles. The van der Waals surface area contributed by atoms with Gasteiger partial charge >= 0.3 is 0 Å². The van der Waals surface area contributed by atoms with E-state index in [1.165, 1.54) is 6.42 Å². The van der Waals surface area contributed by atoms with E-state index in [9.17, 15) is 0 Å². The molecular formula is C13H30O3Si. The Bertz CT molecular complexity index is 154. The van der Waals surface area contributed by atoms with Crippen LogP contribution in [0.3, 0.4) is 0 Å². The highest BCUT2D eigenvalue weighted by Gasteiger charge is 2.39. The predicted octanol–water partition coefficient (Wildman–Crippen LogP) is 2.96. The van der Waals surface area contributed by atoms with Crippen LogP contribution in [0.1, 0.15) is 41.0 Å². The summed E-state index contributed by atoms with van der Waals surface area (Å²) in [5, 5.41) is 0. The molecule has 0 saturated heterocycles. The van der Waals surface area contributed by atoms with Crippen molar-refractivity contribution in [2.24, 2.45) is 0 Å². The standard InChI is InChI=1S/C13H30O3Si/c1-6-13(5)17(10-14-7-2,11-15-8-3)12-16-9-4/h13H,6-12H2,1-5H3. The van der Waals surface area contributed by atoms with E-state index < -0.39 is 8.07 Å². The average Bonchev–Trinajstić information content (AvgIpc) is 2.37. The van der Waals surface area contributed by atoms with Crippen molar-refractivity contribution in [3.63, 3.8) is 0 Å². The van der Waals surface area contributed by atoms with Gasteiger partial charge in [0.25, 0.3) is 0 Å². The van der Waals surface area contributed by atoms with Crippen LogP contribution in [-0.2, 0) is 14.2 Å². The summed E-state index contributed by atoms with van der Waals surface area (Å²) >= 11 is 0. The molecule has 0 aromatic carbocycles. The Hall–Kier alpha value is 0.0969. The quantitative estimate of drug-likeness (QED) is 0.536. The van der Waals surface area contributed by atoms with E-state index in [0.29, 0.717) is 5.54 Å². The molecule has 0 saturated carbocycles. The molecule has 0 aliphatic rings. The van der Waals surface area contributed by atoms with Crippen LogP contribution in [0.4, 0.5) is 0 Å². The third-order valence-corrected chi connectivity index (χ3v) is 8.27. The van der Waals surface area contributed by atoms with E-state index in [0.717, 1.165) is 38.5 Å². The van der Waals surface area contributed by atoms with E-state index in [2.05, 4.69) is 34.6 Å². The fraction of sp³-hybridized carbons (Fsp3) is 1.00. The smallest absolute Gasteiger partial charge is 0.143 e. The Balaban J connectivity index is 4.63. The summed E-state index contributed by atoms with van der Waals surface area (Å²) in [6, 6.07) is 0. The van der Waals surface area contributed by atoms with Crippen LogP contribution in [0.15, 0.2) is 0 Å². The van der Waals surface area contributed by atoms with Crippen LogP contribution in [0.25, 0.3) is 0 Å². The van der Waals surface area contributed by atoms with Crippen molar-refractivity contribution in [2.75, 3.05) is 38.5 Å². The topological polar surface area (TPSA) is 27.7 Å². The van der Waals surface area contributed by atoms with Gasteiger partial charge in [0, 0.05) is 38.5 Å². The molecule has 17 heavy (non-hydrogen) atoms. The maximum absolute atomic E-state index is 5.72. The van der Waals surface area contributed by atoms with Gasteiger partial charge in [0.15, 0.2) is 0 Å². The molecule has 3 nitrogen and oxygen atoms in total. The largest absolute Gasteiger partial charge is 0.385 e. The minimum atomic E-state index is -1.63. The second-order valence-corrected chi connectivity index (χ2v) is 9.16. The van der Waals surface area contributed by atoms with Crippen LogP contribution in [-0.4, -0.2) is 46.6 Å². The first-order chi connectivity index (χ1) is 8.16. The van der Waals surface area contributed by atoms with Crippen molar-refractivity contribution >= 4 is 8.07 Å². The van der Waals surface area contributed by atoms with Crippen molar-refractivity contribution in [1.29, 1.82) is 0 Å². The summed E-state index contributed by atoms with van der Waals surface area (Å²) in [4.78, 5) is 0. The van der Waals surface area contributed by atoms with Gasteiger partial charge < -0.3 is 14.2 Å². The summed E-state index contributed by atoms with van der Waals surface area (Å²) in [6.45, 7) is 13.1. The first-order valence-electron chi connectivity index (χ1n) is 6.90. The molecule has 0 fully saturated rings. The lowest BCUT2D eigenvalue weighted by Crippen LogP contribution is -2.54. The van der Waals surface area contributed by atoms with E-state index in [4.69, 9.17) is 14.2 Å². The van der Waals surface area contributed by atoms with Gasteiger partial charge in [0.05, 0.1) is 0 Å². The van der Waals surface area contributed by atoms with Crippen molar-refractivity contribution in [3.05, 3.63) is 0 Å². The number of rotatable bonds is 11. The van der Waals surface area contributed by atoms with Gasteiger partial charge in [-0.25, -0.2) is 0 Å². The fourth-order valence-electron chi connectivity index (χ4n) is 1.90. The Kier molecular flexibility index (Phi) is 10.1. The molecule has 0 spiro atoms. The van der Waals surface area contributed by atoms with Crippen molar-refractivity contribution in [3.8, 4) is 0 Å². The van der Waals surface area contributed by atoms with E-state index in [1.54, 1.807) is 0 Å². The van der Waals surface area contributed by atoms with Crippen LogP contribution >= 0.6 is 0 Å². The third-order valence-electron chi connectivity index (χ3n) is 3.44. The van der Waals surface area contributed by atoms with Crippen molar-refractivity contribution < 1.29 is 14.2 Å². The lowest BCUT2D eigenvalue weighted by molar-refractivity contribution is 0.135. The van der Waals surface area contributed by atoms with Gasteiger partial charge in [-0.05, 0) is 26.3 Å². The predicted molar refractivity (Wildman–Crippen MR) is 74.9 cm³/mol. The van der Waals surface area contributed by atoms with Crippen LogP contribution in [0.2, 0.25) is 5.54 Å². The first kappa shape index (κ1) is 17.1. The highest BCUT2D eigenvalue weighted by atomic mass is 28.3. The molecule has 0 heterocycles. The third kappa shape index (κ3) is 6.00. The van der Waals surface area contributed by atoms with Gasteiger partial charge in [-0.2, -0.15) is 0 Å². The number of hydrogen-bond acceptors (Lipinski definition) is 3. The fourth-order valence-corrected chi connectivity index (χ4v) is 5.70. The van der Waals surface area contributed by atoms with Gasteiger partial charge in [0.2, 0.25) is 0 Å². The first-order valence-corrected chi connectivity index (χ1v) is 9.59. The monoisotopic (exact) mass is 262 g/mol. The highest BCUT2D eigenvalue weighted by Crippen LogP contribution is 2.26. The van der Waals surface area contributed by atoms with Gasteiger partial charge in [-0.15, -0.1) is 0 Å². The second kappa shape index (κ2) is 10.1. The maximum atomic E-state index is 5.72. The summed E-state index contributed by atoms with van der Waals surface area (Å²) < 4.78 is 17.2. The van der Waals surface area contributed by atoms with E-state index in [-0.39, 0.29) is 0 Å². The van der Waals surface area contributed by atoms with Crippen molar-refractivity contribution in [2.45, 2.75) is 46.6 Å². The minimum Gasteiger partial charge on any atom is -0.385 e. The lowest BCUT2D eigenvalue weighted by atomic mass is 10.4. The maximum Gasteiger partial charge on any atom is 0.143 e. The molecule has 1 atom stereocenters. The molecule has 0 rings (SSSR count). The molecule has 0 radical (unpaired) electrons. The van der Waals surface area contributed by atoms with Gasteiger partial charge in [-0.1, -0.05) is 20.3 Å². The van der Waals surface area contributed by atoms with E-state index >= 15 is 0 Å². The van der Waals surface area contributed by atoms with Crippen LogP contribution < -0.4 is 0 Å². The molecule has 0 aliphatic carbocycles. The second-order valence-electron chi connectivity index (χ2n) is 4.58. The number of ether oxygens (including phenoxy) is 3. The molecule has 1 unspecified atom stereocenters. The Morgan fingerprint density at radius 3 is 1.35 bits per heavy atom. The van der Waals surface area contributed by atoms with Crippen LogP contribution in [0.5, 0.6) is 0 Å². The minimum absolute atomic E-state index is 0.673. The summed E-state index contributed by atoms with van der Waals surface area (Å²) in [6.07, 6.45) is 3.76. The van der Waals surface area contributed by atoms with Crippen molar-refractivity contribution in [1.82, 2.24) is 0 Å². The average molecular weight is 262 g/mol. The molecule has 0 N–H and O–H groups in total. The molecule has 4 heteroatoms. The normalized spacial score (nSPS) is 13.9. The zero-order valence-electron chi connectivity index (χ0n) is 12.3. The van der Waals surface area contributed by atoms with Gasteiger partial charge in [0.1, 0.15) is 8.07 Å². The Morgan fingerprint density at radius 1 is 0.765 bits per heavy atom. The van der Waals surface area contributed by atoms with E-state index in [1.807, 2.05) is 0 Å². The summed E-state index contributed by atoms with van der Waals surface area (Å²) in [7, 11) is -1.63. The summed E-state index contributed by atoms with van der Waals surface area (Å²) in [5.41, 5.74) is 0.673. The molecule has 0 aromatic rings. The zero-order chi connectivity index (χ0) is 13.1.